The fourth-order valence-corrected chi connectivity index (χ4v) is 3.78. The first-order chi connectivity index (χ1) is 16.9. The molecule has 1 amide bonds. The Morgan fingerprint density at radius 3 is 2.34 bits per heavy atom. The molecule has 2 heterocycles. The van der Waals surface area contributed by atoms with E-state index in [0.29, 0.717) is 17.9 Å². The average Bonchev–Trinajstić information content (AvgIpc) is 2.87. The van der Waals surface area contributed by atoms with Gasteiger partial charge in [0, 0.05) is 37.0 Å². The minimum Gasteiger partial charge on any atom is -0.309 e. The van der Waals surface area contributed by atoms with Crippen LogP contribution in [0.25, 0.3) is 11.1 Å². The van der Waals surface area contributed by atoms with Crippen LogP contribution >= 0.6 is 0 Å². The van der Waals surface area contributed by atoms with Crippen molar-refractivity contribution in [2.45, 2.75) is 25.8 Å². The van der Waals surface area contributed by atoms with E-state index in [1.165, 1.54) is 21.9 Å². The maximum absolute atomic E-state index is 13.3. The molecule has 7 nitrogen and oxygen atoms in total. The smallest absolute Gasteiger partial charge is 0.267 e. The summed E-state index contributed by atoms with van der Waals surface area (Å²) in [4.78, 5) is 29.5. The number of benzene rings is 2. The highest BCUT2D eigenvalue weighted by Crippen LogP contribution is 2.21. The Bertz CT molecular complexity index is 1330. The first-order valence-electron chi connectivity index (χ1n) is 11.6. The molecule has 4 aromatic rings. The number of amides is 1. The first-order valence-corrected chi connectivity index (χ1v) is 11.6. The zero-order chi connectivity index (χ0) is 24.8. The number of nitrogens with one attached hydrogen (secondary N) is 2. The van der Waals surface area contributed by atoms with E-state index in [9.17, 15) is 9.59 Å². The van der Waals surface area contributed by atoms with E-state index in [1.54, 1.807) is 25.5 Å². The van der Waals surface area contributed by atoms with Gasteiger partial charge >= 0.3 is 0 Å². The lowest BCUT2D eigenvalue weighted by Crippen LogP contribution is -2.35. The van der Waals surface area contributed by atoms with Crippen molar-refractivity contribution in [3.63, 3.8) is 0 Å². The first kappa shape index (κ1) is 24.0. The van der Waals surface area contributed by atoms with E-state index in [0.717, 1.165) is 11.1 Å². The number of hydrogen-bond donors (Lipinski definition) is 2. The molecule has 2 aromatic heterocycles. The predicted octanol–water partition coefficient (Wildman–Crippen LogP) is 4.22. The number of hydrogen-bond acceptors (Lipinski definition) is 5. The summed E-state index contributed by atoms with van der Waals surface area (Å²) in [6.45, 7) is 4.85. The van der Waals surface area contributed by atoms with Gasteiger partial charge in [0.05, 0.1) is 6.20 Å². The molecular formula is C28H29N5O2. The second-order valence-corrected chi connectivity index (χ2v) is 8.69. The molecule has 0 saturated carbocycles. The summed E-state index contributed by atoms with van der Waals surface area (Å²) in [6.07, 6.45) is 3.23. The van der Waals surface area contributed by atoms with E-state index in [-0.39, 0.29) is 17.4 Å². The molecule has 0 radical (unpaired) electrons. The molecular weight excluding hydrogens is 438 g/mol. The average molecular weight is 468 g/mol. The lowest BCUT2D eigenvalue weighted by Gasteiger charge is -2.21. The van der Waals surface area contributed by atoms with Gasteiger partial charge in [-0.25, -0.2) is 9.67 Å². The van der Waals surface area contributed by atoms with Crippen molar-refractivity contribution in [1.82, 2.24) is 20.1 Å². The third-order valence-electron chi connectivity index (χ3n) is 5.99. The van der Waals surface area contributed by atoms with Crippen LogP contribution in [0.2, 0.25) is 0 Å². The van der Waals surface area contributed by atoms with Crippen molar-refractivity contribution >= 4 is 11.7 Å². The van der Waals surface area contributed by atoms with Gasteiger partial charge in [0.1, 0.15) is 11.9 Å². The third kappa shape index (κ3) is 6.07. The van der Waals surface area contributed by atoms with E-state index >= 15 is 0 Å². The minimum atomic E-state index is -0.535. The number of anilines is 1. The maximum atomic E-state index is 13.3. The van der Waals surface area contributed by atoms with Crippen LogP contribution in [0.3, 0.4) is 0 Å². The van der Waals surface area contributed by atoms with Crippen LogP contribution in [0.5, 0.6) is 0 Å². The lowest BCUT2D eigenvalue weighted by atomic mass is 9.98. The van der Waals surface area contributed by atoms with Crippen molar-refractivity contribution < 1.29 is 4.79 Å². The van der Waals surface area contributed by atoms with Crippen LogP contribution in [0.4, 0.5) is 5.82 Å². The fraction of sp³-hybridized carbons (Fsp3) is 0.214. The van der Waals surface area contributed by atoms with Crippen LogP contribution < -0.4 is 16.2 Å². The Morgan fingerprint density at radius 1 is 0.943 bits per heavy atom. The molecule has 7 heteroatoms. The second kappa shape index (κ2) is 10.9. The molecule has 0 bridgehead atoms. The number of carbonyl (C=O) groups excluding carboxylic acids is 1. The molecule has 0 aliphatic carbocycles. The Morgan fingerprint density at radius 2 is 1.69 bits per heavy atom. The summed E-state index contributed by atoms with van der Waals surface area (Å²) in [5.74, 6) is 0.479. The summed E-state index contributed by atoms with van der Waals surface area (Å²) in [5.41, 5.74) is 4.54. The van der Waals surface area contributed by atoms with Gasteiger partial charge in [-0.3, -0.25) is 9.59 Å². The van der Waals surface area contributed by atoms with Crippen molar-refractivity contribution in [3.05, 3.63) is 112 Å². The van der Waals surface area contributed by atoms with Gasteiger partial charge in [0.15, 0.2) is 0 Å². The van der Waals surface area contributed by atoms with Crippen LogP contribution in [0.1, 0.15) is 35.6 Å². The highest BCUT2D eigenvalue weighted by molar-refractivity contribution is 5.95. The van der Waals surface area contributed by atoms with Crippen molar-refractivity contribution in [2.24, 2.45) is 7.05 Å². The van der Waals surface area contributed by atoms with Gasteiger partial charge in [-0.15, -0.1) is 0 Å². The maximum Gasteiger partial charge on any atom is 0.267 e. The molecule has 4 rings (SSSR count). The molecule has 1 unspecified atom stereocenters. The van der Waals surface area contributed by atoms with Gasteiger partial charge in [0.2, 0.25) is 5.91 Å². The summed E-state index contributed by atoms with van der Waals surface area (Å²) in [5, 5.41) is 10.4. The van der Waals surface area contributed by atoms with Gasteiger partial charge in [-0.05, 0) is 36.1 Å². The molecule has 2 atom stereocenters. The number of nitrogens with zero attached hydrogens (tertiary/aromatic N) is 3. The molecule has 0 aliphatic heterocycles. The number of rotatable bonds is 8. The SMILES string of the molecule is Cc1ccc(C(C)CN[C@@H](C(=O)Nc2ccc(-c3cnn(C)c(=O)c3)cn2)c2ccccc2)cc1. The van der Waals surface area contributed by atoms with Crippen molar-refractivity contribution in [1.29, 1.82) is 0 Å². The summed E-state index contributed by atoms with van der Waals surface area (Å²) >= 11 is 0. The van der Waals surface area contributed by atoms with Crippen LogP contribution in [0.15, 0.2) is 90.0 Å². The van der Waals surface area contributed by atoms with E-state index < -0.39 is 6.04 Å². The van der Waals surface area contributed by atoms with Gasteiger partial charge in [0.25, 0.3) is 5.56 Å². The summed E-state index contributed by atoms with van der Waals surface area (Å²) in [6, 6.07) is 22.6. The monoisotopic (exact) mass is 467 g/mol. The fourth-order valence-electron chi connectivity index (χ4n) is 3.78. The van der Waals surface area contributed by atoms with Gasteiger partial charge < -0.3 is 10.6 Å². The highest BCUT2D eigenvalue weighted by Gasteiger charge is 2.21. The number of aromatic nitrogens is 3. The Labute approximate surface area is 204 Å². The molecule has 35 heavy (non-hydrogen) atoms. The predicted molar refractivity (Wildman–Crippen MR) is 138 cm³/mol. The molecule has 0 saturated heterocycles. The molecule has 0 aliphatic rings. The Hall–Kier alpha value is -4.10. The molecule has 0 fully saturated rings. The highest BCUT2D eigenvalue weighted by atomic mass is 16.2. The standard InChI is InChI=1S/C28H29N5O2/c1-19-9-11-21(12-10-19)20(2)16-30-27(22-7-5-4-6-8-22)28(35)32-25-14-13-23(17-29-25)24-15-26(34)33(3)31-18-24/h4-15,17-18,20,27,30H,16H2,1-3H3,(H,29,32,35)/t20?,27-/m1/s1. The second-order valence-electron chi connectivity index (χ2n) is 8.69. The molecule has 2 aromatic carbocycles. The van der Waals surface area contributed by atoms with Gasteiger partial charge in [-0.2, -0.15) is 5.10 Å². The van der Waals surface area contributed by atoms with E-state index in [1.807, 2.05) is 36.4 Å². The lowest BCUT2D eigenvalue weighted by molar-refractivity contribution is -0.118. The van der Waals surface area contributed by atoms with Crippen LogP contribution in [-0.2, 0) is 11.8 Å². The topological polar surface area (TPSA) is 88.9 Å². The van der Waals surface area contributed by atoms with Crippen LogP contribution in [-0.4, -0.2) is 27.2 Å². The summed E-state index contributed by atoms with van der Waals surface area (Å²) < 4.78 is 1.27. The Balaban J connectivity index is 1.47. The molecule has 178 valence electrons. The Kier molecular flexibility index (Phi) is 7.48. The largest absolute Gasteiger partial charge is 0.309 e. The number of carbonyl (C=O) groups is 1. The molecule has 0 spiro atoms. The summed E-state index contributed by atoms with van der Waals surface area (Å²) in [7, 11) is 1.60. The van der Waals surface area contributed by atoms with Gasteiger partial charge in [-0.1, -0.05) is 67.1 Å². The zero-order valence-electron chi connectivity index (χ0n) is 20.1. The third-order valence-corrected chi connectivity index (χ3v) is 5.99. The van der Waals surface area contributed by atoms with Crippen molar-refractivity contribution in [2.75, 3.05) is 11.9 Å². The zero-order valence-corrected chi connectivity index (χ0v) is 20.1. The van der Waals surface area contributed by atoms with E-state index in [2.05, 4.69) is 58.8 Å². The minimum absolute atomic E-state index is 0.192. The number of pyridine rings is 1. The van der Waals surface area contributed by atoms with Crippen LogP contribution in [0, 0.1) is 6.92 Å². The quantitative estimate of drug-likeness (QED) is 0.405. The van der Waals surface area contributed by atoms with Crippen molar-refractivity contribution in [3.8, 4) is 11.1 Å². The number of aryl methyl sites for hydroxylation is 2. The normalized spacial score (nSPS) is 12.7. The molecule has 2 N–H and O–H groups in total. The van der Waals surface area contributed by atoms with E-state index in [4.69, 9.17) is 0 Å².